The number of nitrogens with zero attached hydrogens (tertiary/aromatic N) is 1. The lowest BCUT2D eigenvalue weighted by Crippen LogP contribution is -2.55. The Morgan fingerprint density at radius 3 is 2.56 bits per heavy atom. The van der Waals surface area contributed by atoms with Crippen molar-refractivity contribution in [2.45, 2.75) is 76.8 Å². The number of nitrogens with two attached hydrogens (primary N) is 1. The van der Waals surface area contributed by atoms with Crippen molar-refractivity contribution < 1.29 is 4.79 Å². The number of piperidine rings is 1. The van der Waals surface area contributed by atoms with Crippen molar-refractivity contribution in [1.82, 2.24) is 4.90 Å². The second kappa shape index (κ2) is 5.60. The predicted molar refractivity (Wildman–Crippen MR) is 74.2 cm³/mol. The molecule has 3 heteroatoms. The second-order valence-corrected chi connectivity index (χ2v) is 6.80. The van der Waals surface area contributed by atoms with Gasteiger partial charge >= 0.3 is 0 Å². The van der Waals surface area contributed by atoms with Gasteiger partial charge in [0.25, 0.3) is 0 Å². The molecule has 0 aromatic carbocycles. The summed E-state index contributed by atoms with van der Waals surface area (Å²) in [5.41, 5.74) is 5.96. The Hall–Kier alpha value is -0.570. The first-order valence-corrected chi connectivity index (χ1v) is 7.55. The highest BCUT2D eigenvalue weighted by atomic mass is 16.2. The molecule has 1 saturated heterocycles. The van der Waals surface area contributed by atoms with Crippen molar-refractivity contribution in [3.05, 3.63) is 0 Å². The largest absolute Gasteiger partial charge is 0.337 e. The molecule has 0 bridgehead atoms. The Kier molecular flexibility index (Phi) is 4.31. The normalized spacial score (nSPS) is 28.6. The average Bonchev–Trinajstić information content (AvgIpc) is 2.77. The quantitative estimate of drug-likeness (QED) is 0.839. The van der Waals surface area contributed by atoms with Gasteiger partial charge in [0.2, 0.25) is 5.91 Å². The highest BCUT2D eigenvalue weighted by molar-refractivity contribution is 5.77. The lowest BCUT2D eigenvalue weighted by atomic mass is 9.87. The summed E-state index contributed by atoms with van der Waals surface area (Å²) in [5, 5.41) is 0. The lowest BCUT2D eigenvalue weighted by Gasteiger charge is -2.45. The standard InChI is InChI=1S/C15H28N2O/c1-15(2)11-13(16)9-10-17(15)14(18)8-7-12-5-3-4-6-12/h12-13H,3-11,16H2,1-2H3. The van der Waals surface area contributed by atoms with Crippen LogP contribution in [0.25, 0.3) is 0 Å². The molecule has 0 radical (unpaired) electrons. The van der Waals surface area contributed by atoms with Gasteiger partial charge in [0.1, 0.15) is 0 Å². The topological polar surface area (TPSA) is 46.3 Å². The Labute approximate surface area is 111 Å². The fourth-order valence-electron chi connectivity index (χ4n) is 3.68. The van der Waals surface area contributed by atoms with Crippen LogP contribution in [0.15, 0.2) is 0 Å². The molecule has 1 unspecified atom stereocenters. The summed E-state index contributed by atoms with van der Waals surface area (Å²) in [7, 11) is 0. The van der Waals surface area contributed by atoms with E-state index in [1.165, 1.54) is 25.7 Å². The molecule has 1 amide bonds. The molecule has 2 aliphatic rings. The minimum Gasteiger partial charge on any atom is -0.337 e. The summed E-state index contributed by atoms with van der Waals surface area (Å²) in [6, 6.07) is 0.263. The van der Waals surface area contributed by atoms with Crippen LogP contribution >= 0.6 is 0 Å². The molecule has 2 rings (SSSR count). The molecule has 1 aliphatic heterocycles. The number of rotatable bonds is 3. The van der Waals surface area contributed by atoms with Gasteiger partial charge in [0.15, 0.2) is 0 Å². The van der Waals surface area contributed by atoms with Crippen molar-refractivity contribution in [2.75, 3.05) is 6.54 Å². The first-order valence-electron chi connectivity index (χ1n) is 7.55. The van der Waals surface area contributed by atoms with E-state index in [9.17, 15) is 4.79 Å². The summed E-state index contributed by atoms with van der Waals surface area (Å²) in [5.74, 6) is 1.16. The summed E-state index contributed by atoms with van der Waals surface area (Å²) < 4.78 is 0. The molecule has 1 heterocycles. The van der Waals surface area contributed by atoms with E-state index in [2.05, 4.69) is 18.7 Å². The predicted octanol–water partition coefficient (Wildman–Crippen LogP) is 2.69. The molecule has 1 saturated carbocycles. The second-order valence-electron chi connectivity index (χ2n) is 6.80. The van der Waals surface area contributed by atoms with Gasteiger partial charge in [-0.05, 0) is 39.0 Å². The van der Waals surface area contributed by atoms with Crippen molar-refractivity contribution in [3.63, 3.8) is 0 Å². The molecule has 3 nitrogen and oxygen atoms in total. The number of amides is 1. The number of hydrogen-bond acceptors (Lipinski definition) is 2. The molecular formula is C15H28N2O. The Bertz CT molecular complexity index is 295. The number of likely N-dealkylation sites (tertiary alicyclic amines) is 1. The molecule has 1 atom stereocenters. The highest BCUT2D eigenvalue weighted by Gasteiger charge is 2.36. The Morgan fingerprint density at radius 2 is 1.94 bits per heavy atom. The fourth-order valence-corrected chi connectivity index (χ4v) is 3.68. The van der Waals surface area contributed by atoms with Gasteiger partial charge in [-0.3, -0.25) is 4.79 Å². The minimum atomic E-state index is -0.0512. The molecule has 1 aliphatic carbocycles. The van der Waals surface area contributed by atoms with Gasteiger partial charge in [-0.15, -0.1) is 0 Å². The van der Waals surface area contributed by atoms with Crippen molar-refractivity contribution >= 4 is 5.91 Å². The zero-order valence-electron chi connectivity index (χ0n) is 12.0. The van der Waals surface area contributed by atoms with Crippen molar-refractivity contribution in [3.8, 4) is 0 Å². The maximum Gasteiger partial charge on any atom is 0.223 e. The zero-order chi connectivity index (χ0) is 13.2. The van der Waals surface area contributed by atoms with Crippen LogP contribution in [0.5, 0.6) is 0 Å². The van der Waals surface area contributed by atoms with Crippen LogP contribution in [0.2, 0.25) is 0 Å². The molecule has 104 valence electrons. The third-order valence-corrected chi connectivity index (χ3v) is 4.76. The van der Waals surface area contributed by atoms with Crippen molar-refractivity contribution in [1.29, 1.82) is 0 Å². The van der Waals surface area contributed by atoms with Crippen LogP contribution in [0, 0.1) is 5.92 Å². The van der Waals surface area contributed by atoms with E-state index < -0.39 is 0 Å². The minimum absolute atomic E-state index is 0.0512. The molecule has 2 N–H and O–H groups in total. The van der Waals surface area contributed by atoms with E-state index in [0.717, 1.165) is 38.1 Å². The van der Waals surface area contributed by atoms with Crippen LogP contribution in [-0.2, 0) is 4.79 Å². The van der Waals surface area contributed by atoms with Crippen LogP contribution in [0.1, 0.15) is 65.2 Å². The summed E-state index contributed by atoms with van der Waals surface area (Å²) in [6.07, 6.45) is 9.12. The van der Waals surface area contributed by atoms with E-state index in [4.69, 9.17) is 5.73 Å². The van der Waals surface area contributed by atoms with E-state index in [0.29, 0.717) is 5.91 Å². The molecule has 0 spiro atoms. The molecule has 0 aromatic rings. The SMILES string of the molecule is CC1(C)CC(N)CCN1C(=O)CCC1CCCC1. The van der Waals surface area contributed by atoms with E-state index in [1.807, 2.05) is 0 Å². The van der Waals surface area contributed by atoms with Gasteiger partial charge < -0.3 is 10.6 Å². The lowest BCUT2D eigenvalue weighted by molar-refractivity contribution is -0.139. The molecule has 0 aromatic heterocycles. The van der Waals surface area contributed by atoms with Gasteiger partial charge in [-0.1, -0.05) is 25.7 Å². The van der Waals surface area contributed by atoms with Crippen LogP contribution in [-0.4, -0.2) is 28.9 Å². The molecular weight excluding hydrogens is 224 g/mol. The number of carbonyl (C=O) groups is 1. The maximum atomic E-state index is 12.4. The summed E-state index contributed by atoms with van der Waals surface area (Å²) >= 11 is 0. The zero-order valence-corrected chi connectivity index (χ0v) is 12.0. The first kappa shape index (κ1) is 13.9. The number of hydrogen-bond donors (Lipinski definition) is 1. The van der Waals surface area contributed by atoms with Gasteiger partial charge in [0.05, 0.1) is 0 Å². The smallest absolute Gasteiger partial charge is 0.223 e. The summed E-state index contributed by atoms with van der Waals surface area (Å²) in [6.45, 7) is 5.15. The Morgan fingerprint density at radius 1 is 1.28 bits per heavy atom. The molecule has 18 heavy (non-hydrogen) atoms. The monoisotopic (exact) mass is 252 g/mol. The van der Waals surface area contributed by atoms with Crippen LogP contribution < -0.4 is 5.73 Å². The summed E-state index contributed by atoms with van der Waals surface area (Å²) in [4.78, 5) is 14.4. The number of carbonyl (C=O) groups excluding carboxylic acids is 1. The Balaban J connectivity index is 1.83. The van der Waals surface area contributed by atoms with Crippen molar-refractivity contribution in [2.24, 2.45) is 11.7 Å². The average molecular weight is 252 g/mol. The fraction of sp³-hybridized carbons (Fsp3) is 0.933. The third-order valence-electron chi connectivity index (χ3n) is 4.76. The van der Waals surface area contributed by atoms with Gasteiger partial charge in [-0.2, -0.15) is 0 Å². The maximum absolute atomic E-state index is 12.4. The third kappa shape index (κ3) is 3.25. The van der Waals surface area contributed by atoms with Crippen LogP contribution in [0.4, 0.5) is 0 Å². The first-order chi connectivity index (χ1) is 8.49. The van der Waals surface area contributed by atoms with Gasteiger partial charge in [0, 0.05) is 24.5 Å². The van der Waals surface area contributed by atoms with E-state index in [-0.39, 0.29) is 11.6 Å². The van der Waals surface area contributed by atoms with E-state index >= 15 is 0 Å². The molecule has 2 fully saturated rings. The highest BCUT2D eigenvalue weighted by Crippen LogP contribution is 2.31. The van der Waals surface area contributed by atoms with Crippen LogP contribution in [0.3, 0.4) is 0 Å². The van der Waals surface area contributed by atoms with Gasteiger partial charge in [-0.25, -0.2) is 0 Å². The van der Waals surface area contributed by atoms with E-state index in [1.54, 1.807) is 0 Å².